The Labute approximate surface area is 299 Å². The van der Waals surface area contributed by atoms with Gasteiger partial charge in [0, 0.05) is 36.9 Å². The van der Waals surface area contributed by atoms with Crippen molar-refractivity contribution in [1.82, 2.24) is 15.0 Å². The normalized spacial score (nSPS) is 11.5. The third-order valence-electron chi connectivity index (χ3n) is 9.69. The molecule has 0 fully saturated rings. The minimum atomic E-state index is 0.647. The lowest BCUT2D eigenvalue weighted by molar-refractivity contribution is 1.08. The second-order valence-corrected chi connectivity index (χ2v) is 14.0. The van der Waals surface area contributed by atoms with E-state index >= 15 is 0 Å². The summed E-state index contributed by atoms with van der Waals surface area (Å²) < 4.78 is 2.59. The zero-order valence-electron chi connectivity index (χ0n) is 27.5. The molecule has 0 N–H and O–H groups in total. The molecule has 0 aliphatic rings. The average Bonchev–Trinajstić information content (AvgIpc) is 3.58. The molecule has 4 heteroatoms. The Morgan fingerprint density at radius 3 is 1.65 bits per heavy atom. The van der Waals surface area contributed by atoms with Crippen molar-refractivity contribution in [3.8, 4) is 56.4 Å². The number of hydrogen-bond acceptors (Lipinski definition) is 4. The lowest BCUT2D eigenvalue weighted by atomic mass is 9.95. The third kappa shape index (κ3) is 5.34. The Kier molecular flexibility index (Phi) is 7.00. The van der Waals surface area contributed by atoms with Crippen LogP contribution in [-0.2, 0) is 0 Å². The van der Waals surface area contributed by atoms with Gasteiger partial charge in [0.25, 0.3) is 0 Å². The fraction of sp³-hybridized carbons (Fsp3) is 0. The van der Waals surface area contributed by atoms with Crippen molar-refractivity contribution >= 4 is 53.1 Å². The van der Waals surface area contributed by atoms with Gasteiger partial charge in [0.05, 0.1) is 0 Å². The molecule has 0 spiro atoms. The highest BCUT2D eigenvalue weighted by atomic mass is 32.1. The van der Waals surface area contributed by atoms with E-state index in [1.807, 2.05) is 35.6 Å². The molecule has 0 saturated heterocycles. The van der Waals surface area contributed by atoms with Crippen molar-refractivity contribution in [1.29, 1.82) is 0 Å². The van der Waals surface area contributed by atoms with Crippen LogP contribution in [0.15, 0.2) is 176 Å². The molecule has 238 valence electrons. The average molecular weight is 668 g/mol. The fourth-order valence-corrected chi connectivity index (χ4v) is 8.25. The highest BCUT2D eigenvalue weighted by Crippen LogP contribution is 2.39. The highest BCUT2D eigenvalue weighted by molar-refractivity contribution is 7.25. The first-order valence-electron chi connectivity index (χ1n) is 17.1. The van der Waals surface area contributed by atoms with Crippen LogP contribution in [0.25, 0.3) is 98.1 Å². The Balaban J connectivity index is 1.14. The number of rotatable bonds is 5. The van der Waals surface area contributed by atoms with Crippen LogP contribution < -0.4 is 0 Å². The molecule has 10 rings (SSSR count). The van der Waals surface area contributed by atoms with Crippen LogP contribution in [0.1, 0.15) is 0 Å². The molecule has 0 aliphatic carbocycles. The van der Waals surface area contributed by atoms with Crippen molar-refractivity contribution in [3.63, 3.8) is 0 Å². The summed E-state index contributed by atoms with van der Waals surface area (Å²) in [6.07, 6.45) is 0. The van der Waals surface area contributed by atoms with Gasteiger partial charge in [-0.25, -0.2) is 15.0 Å². The number of fused-ring (bicyclic) bond motifs is 5. The van der Waals surface area contributed by atoms with Crippen LogP contribution in [0.4, 0.5) is 0 Å². The second-order valence-electron chi connectivity index (χ2n) is 12.9. The summed E-state index contributed by atoms with van der Waals surface area (Å²) in [5.74, 6) is 1.95. The summed E-state index contributed by atoms with van der Waals surface area (Å²) >= 11 is 1.84. The summed E-state index contributed by atoms with van der Waals surface area (Å²) in [5.41, 5.74) is 7.58. The van der Waals surface area contributed by atoms with Crippen molar-refractivity contribution in [3.05, 3.63) is 176 Å². The molecule has 0 unspecified atom stereocenters. The molecule has 3 nitrogen and oxygen atoms in total. The molecule has 0 bridgehead atoms. The van der Waals surface area contributed by atoms with E-state index in [-0.39, 0.29) is 0 Å². The van der Waals surface area contributed by atoms with Crippen molar-refractivity contribution in [2.75, 3.05) is 0 Å². The van der Waals surface area contributed by atoms with Crippen molar-refractivity contribution in [2.45, 2.75) is 0 Å². The zero-order valence-corrected chi connectivity index (χ0v) is 28.3. The van der Waals surface area contributed by atoms with Crippen molar-refractivity contribution in [2.24, 2.45) is 0 Å². The number of hydrogen-bond donors (Lipinski definition) is 0. The highest BCUT2D eigenvalue weighted by Gasteiger charge is 2.17. The van der Waals surface area contributed by atoms with Gasteiger partial charge in [0.1, 0.15) is 0 Å². The van der Waals surface area contributed by atoms with Crippen LogP contribution in [0.3, 0.4) is 0 Å². The Hall–Kier alpha value is -6.49. The van der Waals surface area contributed by atoms with E-state index in [0.717, 1.165) is 38.4 Å². The van der Waals surface area contributed by atoms with Gasteiger partial charge in [-0.2, -0.15) is 0 Å². The topological polar surface area (TPSA) is 38.7 Å². The molecule has 51 heavy (non-hydrogen) atoms. The van der Waals surface area contributed by atoms with Gasteiger partial charge in [-0.15, -0.1) is 11.3 Å². The number of benzene rings is 8. The fourth-order valence-electron chi connectivity index (χ4n) is 7.10. The van der Waals surface area contributed by atoms with Crippen LogP contribution in [-0.4, -0.2) is 15.0 Å². The maximum absolute atomic E-state index is 5.21. The quantitative estimate of drug-likeness (QED) is 0.183. The first-order valence-corrected chi connectivity index (χ1v) is 17.9. The van der Waals surface area contributed by atoms with Crippen LogP contribution in [0.2, 0.25) is 0 Å². The molecule has 2 aromatic heterocycles. The monoisotopic (exact) mass is 667 g/mol. The summed E-state index contributed by atoms with van der Waals surface area (Å²) in [5, 5.41) is 7.16. The lowest BCUT2D eigenvalue weighted by Crippen LogP contribution is -2.01. The predicted octanol–water partition coefficient (Wildman–Crippen LogP) is 12.9. The van der Waals surface area contributed by atoms with Gasteiger partial charge in [-0.3, -0.25) is 0 Å². The molecule has 2 heterocycles. The Bertz CT molecular complexity index is 2910. The van der Waals surface area contributed by atoms with Gasteiger partial charge < -0.3 is 0 Å². The van der Waals surface area contributed by atoms with E-state index in [9.17, 15) is 0 Å². The third-order valence-corrected chi connectivity index (χ3v) is 10.8. The van der Waals surface area contributed by atoms with Crippen LogP contribution in [0, 0.1) is 0 Å². The van der Waals surface area contributed by atoms with E-state index < -0.39 is 0 Å². The van der Waals surface area contributed by atoms with E-state index in [4.69, 9.17) is 15.0 Å². The number of aromatic nitrogens is 3. The molecule has 0 amide bonds. The molecule has 0 atom stereocenters. The van der Waals surface area contributed by atoms with Gasteiger partial charge in [-0.05, 0) is 80.2 Å². The van der Waals surface area contributed by atoms with E-state index in [1.54, 1.807) is 0 Å². The summed E-state index contributed by atoms with van der Waals surface area (Å²) in [4.78, 5) is 15.4. The first kappa shape index (κ1) is 29.4. The molecular weight excluding hydrogens is 639 g/mol. The Morgan fingerprint density at radius 2 is 0.843 bits per heavy atom. The number of thiophene rings is 1. The summed E-state index contributed by atoms with van der Waals surface area (Å²) in [7, 11) is 0. The Morgan fingerprint density at radius 1 is 0.294 bits per heavy atom. The second kappa shape index (κ2) is 12.1. The maximum Gasteiger partial charge on any atom is 0.164 e. The molecule has 0 saturated carbocycles. The maximum atomic E-state index is 5.21. The number of nitrogens with zero attached hydrogens (tertiary/aromatic N) is 3. The van der Waals surface area contributed by atoms with Gasteiger partial charge in [0.2, 0.25) is 0 Å². The van der Waals surface area contributed by atoms with Gasteiger partial charge >= 0.3 is 0 Å². The summed E-state index contributed by atoms with van der Waals surface area (Å²) in [6, 6.07) is 62.3. The molecule has 0 aliphatic heterocycles. The van der Waals surface area contributed by atoms with E-state index in [1.165, 1.54) is 42.2 Å². The van der Waals surface area contributed by atoms with Gasteiger partial charge in [0.15, 0.2) is 17.5 Å². The molecule has 0 radical (unpaired) electrons. The minimum Gasteiger partial charge on any atom is -0.208 e. The zero-order chi connectivity index (χ0) is 33.7. The van der Waals surface area contributed by atoms with Gasteiger partial charge in [-0.1, -0.05) is 140 Å². The smallest absolute Gasteiger partial charge is 0.164 e. The SMILES string of the molecule is c1ccc(-c2ccc3cc(-c4nc(-c5ccccc5)nc(-c5cc(-c6ccc7c(c6)sc6ccccc67)cc6ccccc56)n4)ccc3c2)cc1. The van der Waals surface area contributed by atoms with E-state index in [0.29, 0.717) is 17.5 Å². The van der Waals surface area contributed by atoms with E-state index in [2.05, 4.69) is 152 Å². The first-order chi connectivity index (χ1) is 25.2. The molecular formula is C47H29N3S. The minimum absolute atomic E-state index is 0.647. The van der Waals surface area contributed by atoms with Crippen LogP contribution in [0.5, 0.6) is 0 Å². The van der Waals surface area contributed by atoms with Crippen molar-refractivity contribution < 1.29 is 0 Å². The summed E-state index contributed by atoms with van der Waals surface area (Å²) in [6.45, 7) is 0. The standard InChI is InChI=1S/C47H29N3S/c1-3-11-30(12-4-1)32-19-20-34-26-37(22-21-33(34)25-32)46-48-45(31-13-5-2-6-14-31)49-47(50-46)42-28-38(27-36-15-7-8-16-39(36)42)35-23-24-41-40-17-9-10-18-43(40)51-44(41)29-35/h1-29H. The predicted molar refractivity (Wildman–Crippen MR) is 215 cm³/mol. The largest absolute Gasteiger partial charge is 0.208 e. The van der Waals surface area contributed by atoms with Crippen LogP contribution >= 0.6 is 11.3 Å². The molecule has 8 aromatic carbocycles. The molecule has 10 aromatic rings. The lowest BCUT2D eigenvalue weighted by Gasteiger charge is -2.13.